The highest BCUT2D eigenvalue weighted by molar-refractivity contribution is 7.93. The second-order valence-electron chi connectivity index (χ2n) is 6.42. The van der Waals surface area contributed by atoms with Crippen molar-refractivity contribution in [2.75, 3.05) is 16.2 Å². The summed E-state index contributed by atoms with van der Waals surface area (Å²) < 4.78 is 40.7. The van der Waals surface area contributed by atoms with Crippen LogP contribution in [0.4, 0.5) is 15.8 Å². The number of sulfonamides is 1. The maximum atomic E-state index is 13.1. The molecule has 1 aromatic heterocycles. The highest BCUT2D eigenvalue weighted by atomic mass is 32.2. The molecule has 5 nitrogen and oxygen atoms in total. The summed E-state index contributed by atoms with van der Waals surface area (Å²) in [6.45, 7) is 0.409. The van der Waals surface area contributed by atoms with Crippen molar-refractivity contribution in [2.45, 2.75) is 17.7 Å². The number of halogens is 1. The first kappa shape index (κ1) is 18.6. The molecule has 144 valence electrons. The van der Waals surface area contributed by atoms with Crippen molar-refractivity contribution >= 4 is 38.6 Å². The lowest BCUT2D eigenvalue weighted by Crippen LogP contribution is -2.35. The van der Waals surface area contributed by atoms with E-state index in [4.69, 9.17) is 0 Å². The normalized spacial score (nSPS) is 13.8. The lowest BCUT2D eigenvalue weighted by atomic mass is 10.0. The molecule has 8 heteroatoms. The average Bonchev–Trinajstić information content (AvgIpc) is 3.20. The molecule has 0 spiro atoms. The van der Waals surface area contributed by atoms with Gasteiger partial charge in [0.2, 0.25) is 0 Å². The van der Waals surface area contributed by atoms with Crippen molar-refractivity contribution in [1.82, 2.24) is 0 Å². The molecule has 0 fully saturated rings. The first-order chi connectivity index (χ1) is 13.4. The molecule has 0 bridgehead atoms. The van der Waals surface area contributed by atoms with Crippen LogP contribution in [0.5, 0.6) is 0 Å². The fourth-order valence-corrected chi connectivity index (χ4v) is 5.87. The van der Waals surface area contributed by atoms with Crippen LogP contribution in [0.3, 0.4) is 0 Å². The number of hydrogen-bond donors (Lipinski definition) is 1. The molecule has 2 aromatic carbocycles. The van der Waals surface area contributed by atoms with Crippen LogP contribution in [-0.2, 0) is 16.4 Å². The van der Waals surface area contributed by atoms with Crippen LogP contribution in [0.15, 0.2) is 64.9 Å². The Kier molecular flexibility index (Phi) is 4.91. The Hall–Kier alpha value is -2.71. The summed E-state index contributed by atoms with van der Waals surface area (Å²) in [4.78, 5) is 12.8. The number of fused-ring (bicyclic) bond motifs is 1. The van der Waals surface area contributed by atoms with Crippen molar-refractivity contribution in [1.29, 1.82) is 0 Å². The van der Waals surface area contributed by atoms with Crippen molar-refractivity contribution in [3.8, 4) is 0 Å². The second-order valence-corrected chi connectivity index (χ2v) is 9.19. The first-order valence-corrected chi connectivity index (χ1v) is 11.0. The van der Waals surface area contributed by atoms with Gasteiger partial charge in [0.25, 0.3) is 15.9 Å². The molecule has 0 unspecified atom stereocenters. The van der Waals surface area contributed by atoms with Crippen molar-refractivity contribution in [2.24, 2.45) is 0 Å². The van der Waals surface area contributed by atoms with E-state index < -0.39 is 21.7 Å². The first-order valence-electron chi connectivity index (χ1n) is 8.71. The van der Waals surface area contributed by atoms with Gasteiger partial charge in [-0.3, -0.25) is 9.10 Å². The van der Waals surface area contributed by atoms with Crippen LogP contribution in [0.25, 0.3) is 0 Å². The molecule has 0 aliphatic carbocycles. The van der Waals surface area contributed by atoms with Gasteiger partial charge in [0, 0.05) is 17.6 Å². The van der Waals surface area contributed by atoms with Crippen molar-refractivity contribution in [3.05, 3.63) is 76.2 Å². The number of anilines is 2. The predicted molar refractivity (Wildman–Crippen MR) is 108 cm³/mol. The summed E-state index contributed by atoms with van der Waals surface area (Å²) in [7, 11) is -3.75. The number of carbonyl (C=O) groups is 1. The fraction of sp³-hybridized carbons (Fsp3) is 0.150. The van der Waals surface area contributed by atoms with Crippen molar-refractivity contribution < 1.29 is 17.6 Å². The minimum absolute atomic E-state index is 0.0958. The van der Waals surface area contributed by atoms with Gasteiger partial charge in [-0.1, -0.05) is 18.2 Å². The lowest BCUT2D eigenvalue weighted by molar-refractivity contribution is 0.103. The third kappa shape index (κ3) is 3.53. The molecule has 2 heterocycles. The van der Waals surface area contributed by atoms with Crippen LogP contribution in [0.1, 0.15) is 21.7 Å². The number of hydrogen-bond acceptors (Lipinski definition) is 4. The molecule has 1 amide bonds. The van der Waals surface area contributed by atoms with E-state index in [0.717, 1.165) is 29.7 Å². The Balaban J connectivity index is 1.58. The Labute approximate surface area is 166 Å². The second kappa shape index (κ2) is 7.37. The third-order valence-electron chi connectivity index (χ3n) is 4.56. The van der Waals surface area contributed by atoms with Gasteiger partial charge in [-0.05, 0) is 54.8 Å². The molecule has 0 saturated carbocycles. The minimum atomic E-state index is -3.75. The van der Waals surface area contributed by atoms with Gasteiger partial charge in [-0.2, -0.15) is 0 Å². The summed E-state index contributed by atoms with van der Waals surface area (Å²) in [6.07, 6.45) is 1.59. The molecular weight excluding hydrogens is 399 g/mol. The van der Waals surface area contributed by atoms with Crippen LogP contribution >= 0.6 is 11.3 Å². The zero-order valence-corrected chi connectivity index (χ0v) is 16.4. The molecule has 1 aliphatic heterocycles. The van der Waals surface area contributed by atoms with E-state index in [1.165, 1.54) is 40.0 Å². The standard InChI is InChI=1S/C20H17FN2O3S2/c21-15-7-9-16(10-8-15)22-20(24)19-12-17(13-27-19)28(25,26)23-11-3-5-14-4-1-2-6-18(14)23/h1-2,4,6-10,12-13H,3,5,11H2,(H,22,24). The maximum absolute atomic E-state index is 13.1. The number of aryl methyl sites for hydroxylation is 1. The van der Waals surface area contributed by atoms with Gasteiger partial charge in [-0.25, -0.2) is 12.8 Å². The van der Waals surface area contributed by atoms with E-state index in [9.17, 15) is 17.6 Å². The Bertz CT molecular complexity index is 1120. The average molecular weight is 416 g/mol. The highest BCUT2D eigenvalue weighted by Crippen LogP contribution is 2.33. The fourth-order valence-electron chi connectivity index (χ4n) is 3.18. The number of para-hydroxylation sites is 1. The van der Waals surface area contributed by atoms with Crippen LogP contribution < -0.4 is 9.62 Å². The maximum Gasteiger partial charge on any atom is 0.265 e. The topological polar surface area (TPSA) is 66.5 Å². The Morgan fingerprint density at radius 2 is 1.86 bits per heavy atom. The van der Waals surface area contributed by atoms with Crippen molar-refractivity contribution in [3.63, 3.8) is 0 Å². The largest absolute Gasteiger partial charge is 0.321 e. The van der Waals surface area contributed by atoms with Crippen LogP contribution in [-0.4, -0.2) is 20.9 Å². The van der Waals surface area contributed by atoms with Gasteiger partial charge in [0.1, 0.15) is 5.82 Å². The smallest absolute Gasteiger partial charge is 0.265 e. The third-order valence-corrected chi connectivity index (χ3v) is 7.43. The van der Waals surface area contributed by atoms with E-state index in [1.807, 2.05) is 18.2 Å². The molecule has 0 atom stereocenters. The molecule has 0 radical (unpaired) electrons. The Morgan fingerprint density at radius 3 is 2.64 bits per heavy atom. The van der Waals surface area contributed by atoms with Crippen LogP contribution in [0, 0.1) is 5.82 Å². The SMILES string of the molecule is O=C(Nc1ccc(F)cc1)c1cc(S(=O)(=O)N2CCCc3ccccc32)cs1. The summed E-state index contributed by atoms with van der Waals surface area (Å²) in [5.74, 6) is -0.832. The quantitative estimate of drug-likeness (QED) is 0.690. The van der Waals surface area contributed by atoms with E-state index in [2.05, 4.69) is 5.32 Å². The Morgan fingerprint density at radius 1 is 1.11 bits per heavy atom. The molecule has 28 heavy (non-hydrogen) atoms. The molecular formula is C20H17FN2O3S2. The predicted octanol–water partition coefficient (Wildman–Crippen LogP) is 4.28. The molecule has 3 aromatic rings. The lowest BCUT2D eigenvalue weighted by Gasteiger charge is -2.30. The van der Waals surface area contributed by atoms with Gasteiger partial charge >= 0.3 is 0 Å². The number of amides is 1. The number of nitrogens with one attached hydrogen (secondary N) is 1. The summed E-state index contributed by atoms with van der Waals surface area (Å²) in [5.41, 5.74) is 2.13. The van der Waals surface area contributed by atoms with E-state index in [0.29, 0.717) is 17.9 Å². The zero-order chi connectivity index (χ0) is 19.7. The van der Waals surface area contributed by atoms with Gasteiger partial charge in [0.05, 0.1) is 15.5 Å². The van der Waals surface area contributed by atoms with Gasteiger partial charge in [0.15, 0.2) is 0 Å². The van der Waals surface area contributed by atoms with Crippen LogP contribution in [0.2, 0.25) is 0 Å². The summed E-state index contributed by atoms with van der Waals surface area (Å²) >= 11 is 1.06. The molecule has 1 N–H and O–H groups in total. The number of nitrogens with zero attached hydrogens (tertiary/aromatic N) is 1. The minimum Gasteiger partial charge on any atom is -0.321 e. The number of thiophene rings is 1. The van der Waals surface area contributed by atoms with E-state index in [1.54, 1.807) is 6.07 Å². The highest BCUT2D eigenvalue weighted by Gasteiger charge is 2.30. The summed E-state index contributed by atoms with van der Waals surface area (Å²) in [5, 5.41) is 4.12. The molecule has 1 aliphatic rings. The monoisotopic (exact) mass is 416 g/mol. The molecule has 0 saturated heterocycles. The van der Waals surface area contributed by atoms with Gasteiger partial charge in [-0.15, -0.1) is 11.3 Å². The zero-order valence-electron chi connectivity index (χ0n) is 14.8. The number of benzene rings is 2. The number of carbonyl (C=O) groups excluding carboxylic acids is 1. The van der Waals surface area contributed by atoms with Gasteiger partial charge < -0.3 is 5.32 Å². The van der Waals surface area contributed by atoms with E-state index >= 15 is 0 Å². The number of rotatable bonds is 4. The van der Waals surface area contributed by atoms with E-state index in [-0.39, 0.29) is 9.77 Å². The summed E-state index contributed by atoms with van der Waals surface area (Å²) in [6, 6.07) is 14.2. The molecule has 4 rings (SSSR count).